The number of ketones is 1. The lowest BCUT2D eigenvalue weighted by molar-refractivity contribution is -0.142. The summed E-state index contributed by atoms with van der Waals surface area (Å²) in [6, 6.07) is 0.450. The van der Waals surface area contributed by atoms with Crippen LogP contribution in [-0.4, -0.2) is 168 Å². The molecule has 1 unspecified atom stereocenters. The van der Waals surface area contributed by atoms with Crippen LogP contribution in [-0.2, 0) is 49.6 Å². The van der Waals surface area contributed by atoms with E-state index in [0.29, 0.717) is 57.2 Å². The number of guanidine groups is 1. The fourth-order valence-electron chi connectivity index (χ4n) is 7.96. The number of carboxylic acid groups (broad SMARTS) is 1. The Hall–Kier alpha value is -6.58. The highest BCUT2D eigenvalue weighted by Crippen LogP contribution is 2.21. The third-order valence-electron chi connectivity index (χ3n) is 12.2. The highest BCUT2D eigenvalue weighted by atomic mass is 16.4. The minimum absolute atomic E-state index is 0.00512. The predicted octanol–water partition coefficient (Wildman–Crippen LogP) is -4.55. The highest BCUT2D eigenvalue weighted by Gasteiger charge is 2.39. The van der Waals surface area contributed by atoms with Gasteiger partial charge in [0.15, 0.2) is 11.7 Å². The van der Waals surface area contributed by atoms with Crippen LogP contribution in [0.5, 0.6) is 0 Å². The summed E-state index contributed by atoms with van der Waals surface area (Å²) in [6.07, 6.45) is 3.41. The van der Waals surface area contributed by atoms with Gasteiger partial charge in [0.1, 0.15) is 30.2 Å². The van der Waals surface area contributed by atoms with E-state index < -0.39 is 115 Å². The molecule has 1 aliphatic rings. The van der Waals surface area contributed by atoms with E-state index in [1.807, 2.05) is 0 Å². The molecule has 1 saturated heterocycles. The van der Waals surface area contributed by atoms with Crippen LogP contribution in [0.4, 0.5) is 0 Å². The maximum atomic E-state index is 14.2. The van der Waals surface area contributed by atoms with Gasteiger partial charge in [-0.25, -0.2) is 4.79 Å². The van der Waals surface area contributed by atoms with Gasteiger partial charge in [0.2, 0.25) is 41.4 Å². The molecule has 1 aliphatic heterocycles. The molecule has 1 aromatic carbocycles. The molecule has 0 radical (unpaired) electrons. The minimum atomic E-state index is -1.56. The van der Waals surface area contributed by atoms with Gasteiger partial charge in [0.25, 0.3) is 0 Å². The molecule has 26 nitrogen and oxygen atoms in total. The molecule has 26 heteroatoms. The van der Waals surface area contributed by atoms with E-state index in [-0.39, 0.29) is 82.5 Å². The first kappa shape index (κ1) is 63.5. The Kier molecular flexibility index (Phi) is 29.9. The summed E-state index contributed by atoms with van der Waals surface area (Å²) in [4.78, 5) is 126. The number of hydrogen-bond donors (Lipinski definition) is 15. The Balaban J connectivity index is 2.21. The summed E-state index contributed by atoms with van der Waals surface area (Å²) in [6.45, 7) is 1.43. The van der Waals surface area contributed by atoms with Crippen LogP contribution in [0, 0.1) is 0 Å². The highest BCUT2D eigenvalue weighted by molar-refractivity contribution is 5.98. The second kappa shape index (κ2) is 34.8. The number of hydrogen-bond acceptors (Lipinski definition) is 16. The van der Waals surface area contributed by atoms with Gasteiger partial charge in [0, 0.05) is 38.0 Å². The molecule has 1 fully saturated rings. The molecule has 0 saturated carbocycles. The quantitative estimate of drug-likeness (QED) is 0.0130. The first-order chi connectivity index (χ1) is 35.3. The molecular weight excluding hydrogens is 963 g/mol. The standard InChI is InChI=1S/C48H81N15O11/c1-29(58-45(71)40(38(65)27-52)62-42(68)32(53)15-5-7-21-49)41(67)57-28-39(66)59-34(17-9-23-51)46(72)63-25-11-18-36(63)44(70)61-35(26-30-12-3-2-4-13-30)43(69)60-33(16-6-8-22-50)37(64)20-19-31(47(73)74)14-10-24-56-48(54)55/h2-4,12-14,29,32-36,38,40,65H,5-11,15-28,49-53H2,1H3,(H,57,67)(H,58,71)(H,59,66)(H,60,69)(H,61,70)(H,62,68)(H,73,74)(H4,54,55,56)/b31-14+/t29-,32-,33-,34+,35?,36-,38-,40-/m0/s1. The largest absolute Gasteiger partial charge is 0.478 e. The maximum absolute atomic E-state index is 14.2. The van der Waals surface area contributed by atoms with Crippen molar-refractivity contribution in [2.24, 2.45) is 45.1 Å². The van der Waals surface area contributed by atoms with Gasteiger partial charge in [-0.3, -0.25) is 43.3 Å². The van der Waals surface area contributed by atoms with Gasteiger partial charge in [-0.2, -0.15) is 0 Å². The number of likely N-dealkylation sites (tertiary alicyclic amines) is 1. The molecule has 414 valence electrons. The van der Waals surface area contributed by atoms with Crippen molar-refractivity contribution in [3.8, 4) is 0 Å². The second-order valence-electron chi connectivity index (χ2n) is 18.1. The lowest BCUT2D eigenvalue weighted by Gasteiger charge is -2.30. The van der Waals surface area contributed by atoms with Crippen LogP contribution in [0.1, 0.15) is 96.0 Å². The van der Waals surface area contributed by atoms with Gasteiger partial charge in [-0.1, -0.05) is 42.8 Å². The van der Waals surface area contributed by atoms with Crippen molar-refractivity contribution < 1.29 is 53.4 Å². The van der Waals surface area contributed by atoms with Crippen LogP contribution in [0.25, 0.3) is 0 Å². The van der Waals surface area contributed by atoms with E-state index >= 15 is 0 Å². The molecule has 0 bridgehead atoms. The van der Waals surface area contributed by atoms with E-state index in [2.05, 4.69) is 36.9 Å². The number of carbonyl (C=O) groups is 9. The number of nitrogens with zero attached hydrogens (tertiary/aromatic N) is 2. The second-order valence-corrected chi connectivity index (χ2v) is 18.1. The monoisotopic (exact) mass is 1040 g/mol. The average Bonchev–Trinajstić information content (AvgIpc) is 3.87. The molecule has 1 heterocycles. The number of aliphatic carboxylic acids is 1. The Morgan fingerprint density at radius 1 is 0.757 bits per heavy atom. The van der Waals surface area contributed by atoms with Gasteiger partial charge < -0.3 is 87.1 Å². The minimum Gasteiger partial charge on any atom is -0.478 e. The number of nitrogens with two attached hydrogens (primary N) is 7. The van der Waals surface area contributed by atoms with Crippen LogP contribution < -0.4 is 72.0 Å². The van der Waals surface area contributed by atoms with Crippen LogP contribution in [0.2, 0.25) is 0 Å². The zero-order valence-corrected chi connectivity index (χ0v) is 42.4. The molecule has 0 aliphatic carbocycles. The topological polar surface area (TPSA) is 464 Å². The molecular formula is C48H81N15O11. The number of benzene rings is 1. The van der Waals surface area contributed by atoms with E-state index in [0.717, 1.165) is 0 Å². The number of aliphatic hydroxyl groups is 1. The third kappa shape index (κ3) is 23.1. The molecule has 22 N–H and O–H groups in total. The first-order valence-electron chi connectivity index (χ1n) is 25.2. The number of carboxylic acids is 1. The average molecular weight is 1040 g/mol. The molecule has 1 aromatic rings. The van der Waals surface area contributed by atoms with E-state index in [1.165, 1.54) is 17.9 Å². The molecule has 74 heavy (non-hydrogen) atoms. The molecule has 2 rings (SSSR count). The van der Waals surface area contributed by atoms with Crippen molar-refractivity contribution in [3.05, 3.63) is 47.5 Å². The van der Waals surface area contributed by atoms with Crippen LogP contribution >= 0.6 is 0 Å². The molecule has 0 aromatic heterocycles. The number of unbranched alkanes of at least 4 members (excludes halogenated alkanes) is 2. The van der Waals surface area contributed by atoms with Crippen molar-refractivity contribution in [3.63, 3.8) is 0 Å². The van der Waals surface area contributed by atoms with Crippen molar-refractivity contribution in [1.29, 1.82) is 0 Å². The number of carbonyl (C=O) groups excluding carboxylic acids is 8. The van der Waals surface area contributed by atoms with E-state index in [9.17, 15) is 53.4 Å². The van der Waals surface area contributed by atoms with Gasteiger partial charge in [-0.15, -0.1) is 0 Å². The zero-order chi connectivity index (χ0) is 55.2. The molecule has 7 amide bonds. The summed E-state index contributed by atoms with van der Waals surface area (Å²) in [5.41, 5.74) is 39.8. The summed E-state index contributed by atoms with van der Waals surface area (Å²) in [7, 11) is 0. The summed E-state index contributed by atoms with van der Waals surface area (Å²) < 4.78 is 0. The van der Waals surface area contributed by atoms with Crippen LogP contribution in [0.3, 0.4) is 0 Å². The van der Waals surface area contributed by atoms with Crippen molar-refractivity contribution in [2.75, 3.05) is 45.8 Å². The third-order valence-corrected chi connectivity index (χ3v) is 12.2. The Bertz CT molecular complexity index is 2060. The molecule has 0 spiro atoms. The maximum Gasteiger partial charge on any atom is 0.331 e. The van der Waals surface area contributed by atoms with Crippen LogP contribution in [0.15, 0.2) is 47.0 Å². The van der Waals surface area contributed by atoms with Crippen molar-refractivity contribution in [1.82, 2.24) is 36.8 Å². The summed E-state index contributed by atoms with van der Waals surface area (Å²) in [5.74, 6) is -7.02. The Morgan fingerprint density at radius 2 is 1.41 bits per heavy atom. The van der Waals surface area contributed by atoms with Crippen molar-refractivity contribution >= 4 is 59.1 Å². The fraction of sp³-hybridized carbons (Fsp3) is 0.625. The fourth-order valence-corrected chi connectivity index (χ4v) is 7.96. The Morgan fingerprint density at radius 3 is 2.03 bits per heavy atom. The normalized spacial score (nSPS) is 16.2. The van der Waals surface area contributed by atoms with Gasteiger partial charge >= 0.3 is 5.97 Å². The lowest BCUT2D eigenvalue weighted by Crippen LogP contribution is -2.60. The van der Waals surface area contributed by atoms with Gasteiger partial charge in [0.05, 0.1) is 24.7 Å². The SMILES string of the molecule is C[C@H](NC(=O)[C@@H](NC(=O)[C@@H](N)CCCCN)[C@@H](O)CN)C(=O)NCC(=O)N[C@H](CCCN)C(=O)N1CCC[C@H]1C(=O)NC(Cc1ccccc1)C(=O)N[C@@H](CCCCN)C(=O)CC/C(=C\CCN=C(N)N)C(=O)O. The number of nitrogens with one attached hydrogen (secondary N) is 6. The first-order valence-corrected chi connectivity index (χ1v) is 25.2. The summed E-state index contributed by atoms with van der Waals surface area (Å²) >= 11 is 0. The van der Waals surface area contributed by atoms with Gasteiger partial charge in [-0.05, 0) is 103 Å². The molecule has 8 atom stereocenters. The number of aliphatic imine (C=N–C) groups is 1. The smallest absolute Gasteiger partial charge is 0.331 e. The zero-order valence-electron chi connectivity index (χ0n) is 42.4. The number of aliphatic hydroxyl groups excluding tert-OH is 1. The summed E-state index contributed by atoms with van der Waals surface area (Å²) in [5, 5.41) is 35.5. The number of amides is 7. The van der Waals surface area contributed by atoms with Crippen molar-refractivity contribution in [2.45, 2.75) is 145 Å². The lowest BCUT2D eigenvalue weighted by atomic mass is 9.97. The Labute approximate surface area is 431 Å². The van der Waals surface area contributed by atoms with E-state index in [1.54, 1.807) is 30.3 Å². The predicted molar refractivity (Wildman–Crippen MR) is 276 cm³/mol. The number of Topliss-reactive ketones (excluding diaryl/α,β-unsaturated/α-hetero) is 1. The van der Waals surface area contributed by atoms with E-state index in [4.69, 9.17) is 40.1 Å². The number of rotatable bonds is 36.